The van der Waals surface area contributed by atoms with E-state index >= 15 is 8.78 Å². The van der Waals surface area contributed by atoms with E-state index in [-0.39, 0.29) is 173 Å². The largest absolute Gasteiger partial charge is 1.00 e. The van der Waals surface area contributed by atoms with Gasteiger partial charge in [0.2, 0.25) is 23.7 Å². The fourth-order valence-electron chi connectivity index (χ4n) is 12.5. The van der Waals surface area contributed by atoms with Crippen molar-refractivity contribution in [3.8, 4) is 0 Å². The molecule has 0 radical (unpaired) electrons. The molecular formula is C61H87F4KN2O16. The number of hydrogen-bond donors (Lipinski definition) is 1. The van der Waals surface area contributed by atoms with E-state index in [4.69, 9.17) is 23.7 Å². The van der Waals surface area contributed by atoms with Crippen LogP contribution in [0.15, 0.2) is 30.3 Å². The molecule has 7 rings (SSSR count). The molecule has 10 atom stereocenters. The van der Waals surface area contributed by atoms with Crippen LogP contribution in [0.5, 0.6) is 0 Å². The molecule has 0 bridgehead atoms. The number of aliphatic hydroxyl groups excluding tert-OH is 1. The maximum atomic E-state index is 15.0. The first-order valence-corrected chi connectivity index (χ1v) is 29.5. The number of benzene rings is 1. The molecule has 4 aliphatic heterocycles. The van der Waals surface area contributed by atoms with E-state index in [1.807, 2.05) is 0 Å². The van der Waals surface area contributed by atoms with Crippen molar-refractivity contribution in [2.45, 2.75) is 231 Å². The van der Waals surface area contributed by atoms with Crippen LogP contribution >= 0.6 is 0 Å². The van der Waals surface area contributed by atoms with Gasteiger partial charge in [-0.3, -0.25) is 38.4 Å². The maximum Gasteiger partial charge on any atom is 1.00 e. The summed E-state index contributed by atoms with van der Waals surface area (Å²) in [5.74, 6) is -14.0. The van der Waals surface area contributed by atoms with Gasteiger partial charge in [-0.2, -0.15) is 0 Å². The van der Waals surface area contributed by atoms with Crippen molar-refractivity contribution in [3.63, 3.8) is 0 Å². The Morgan fingerprint density at radius 1 is 0.607 bits per heavy atom. The van der Waals surface area contributed by atoms with E-state index in [9.17, 15) is 57.0 Å². The molecule has 2 saturated carbocycles. The monoisotopic (exact) mass is 1220 g/mol. The van der Waals surface area contributed by atoms with Gasteiger partial charge in [-0.1, -0.05) is 43.9 Å². The van der Waals surface area contributed by atoms with Crippen molar-refractivity contribution >= 4 is 53.2 Å². The number of amides is 2. The first kappa shape index (κ1) is 72.6. The molecule has 2 amide bonds. The van der Waals surface area contributed by atoms with Crippen molar-refractivity contribution in [2.24, 2.45) is 34.5 Å². The molecule has 18 nitrogen and oxygen atoms in total. The summed E-state index contributed by atoms with van der Waals surface area (Å²) in [6.45, 7) is 13.5. The Morgan fingerprint density at radius 3 is 1.44 bits per heavy atom. The summed E-state index contributed by atoms with van der Waals surface area (Å²) in [6, 6.07) is 6.27. The molecule has 4 saturated heterocycles. The molecule has 1 aromatic carbocycles. The van der Waals surface area contributed by atoms with Gasteiger partial charge in [-0.05, 0) is 118 Å². The first-order valence-electron chi connectivity index (χ1n) is 29.5. The zero-order chi connectivity index (χ0) is 60.6. The zero-order valence-corrected chi connectivity index (χ0v) is 53.6. The van der Waals surface area contributed by atoms with Crippen LogP contribution in [0, 0.1) is 34.5 Å². The predicted molar refractivity (Wildman–Crippen MR) is 291 cm³/mol. The molecule has 23 heteroatoms. The van der Waals surface area contributed by atoms with Crippen LogP contribution in [0.3, 0.4) is 0 Å². The van der Waals surface area contributed by atoms with Gasteiger partial charge in [0.25, 0.3) is 0 Å². The Labute approximate surface area is 533 Å². The van der Waals surface area contributed by atoms with E-state index in [0.29, 0.717) is 31.2 Å². The third-order valence-electron chi connectivity index (χ3n) is 16.6. The Hall–Kier alpha value is -3.87. The molecule has 6 fully saturated rings. The predicted octanol–water partition coefficient (Wildman–Crippen LogP) is 6.32. The Bertz CT molecular complexity index is 2490. The van der Waals surface area contributed by atoms with Crippen LogP contribution in [0.4, 0.5) is 17.6 Å². The third kappa shape index (κ3) is 20.1. The van der Waals surface area contributed by atoms with Gasteiger partial charge < -0.3 is 44.1 Å². The summed E-state index contributed by atoms with van der Waals surface area (Å²) in [5, 5.41) is 10.4. The standard InChI is InChI=1S/C34H45F2NO8.C27H41F2NO7.K.H2O/c1-5-43-31(42)33-18-24(33)19-34(35,36)15-11-7-10-14-23(16-28(39)45-32(2,3)4)29(40)37-21-25(17-26(37)27(38)20-33)44-30(41)22-12-8-6-9-13-22;1-5-36-24(35)26-13-18(26)14-27(28,29)10-8-6-7-9-17(11-22(33)37-25(2,3)4)23(34)30-16-19(31)12-20(30)21(32)15-26;;/h6,8-9,12-13,23-26H,5,7,10-11,14-21H2,1-4H3;17-20,31H,5-16H2,1-4H3;;1H2/q;;+1;/p-1/t23-,24+,25+,26+,33-;17-,18+,19+,20+,26-;;/m11../s1. The molecule has 0 spiro atoms. The molecule has 1 aromatic rings. The minimum atomic E-state index is -3.02. The van der Waals surface area contributed by atoms with Gasteiger partial charge >= 0.3 is 81.2 Å². The van der Waals surface area contributed by atoms with E-state index in [1.54, 1.807) is 85.7 Å². The van der Waals surface area contributed by atoms with Crippen molar-refractivity contribution < 1.29 is 146 Å². The average Bonchev–Trinajstić information content (AvgIpc) is 1.99. The van der Waals surface area contributed by atoms with Crippen LogP contribution < -0.4 is 51.4 Å². The molecule has 6 aliphatic rings. The SMILES string of the molecule is CCOC(=O)[C@]12CC(=O)[C@@H]3C[C@H](O)CN3C(=O)[C@@H](CC(=O)OC(C)(C)C)CCCCCC(F)(F)C[C@@H]1C2.CCOC(=O)[C@]12CC(=O)[C@@H]3C[C@H](OC(=O)c4ccccc4)CN3C(=O)[C@@H](CC(=O)OC(C)(C)C)CCCCCC(F)(F)C[C@@H]1C2.[K+].[OH-]. The molecule has 2 N–H and O–H groups in total. The number of rotatable bonds is 10. The van der Waals surface area contributed by atoms with Crippen molar-refractivity contribution in [1.82, 2.24) is 9.80 Å². The number of halogens is 4. The number of fused-ring (bicyclic) bond motifs is 4. The quantitative estimate of drug-likeness (QED) is 0.116. The van der Waals surface area contributed by atoms with Crippen molar-refractivity contribution in [2.75, 3.05) is 26.3 Å². The summed E-state index contributed by atoms with van der Waals surface area (Å²) in [5.41, 5.74) is -3.92. The Kier molecular flexibility index (Phi) is 26.2. The van der Waals surface area contributed by atoms with E-state index < -0.39 is 148 Å². The van der Waals surface area contributed by atoms with Crippen LogP contribution in [-0.4, -0.2) is 147 Å². The fraction of sp³-hybridized carbons (Fsp3) is 0.754. The number of aliphatic hydroxyl groups is 1. The molecule has 2 aliphatic carbocycles. The molecule has 84 heavy (non-hydrogen) atoms. The smallest absolute Gasteiger partial charge is 0.870 e. The number of carbonyl (C=O) groups excluding carboxylic acids is 9. The second kappa shape index (κ2) is 30.4. The van der Waals surface area contributed by atoms with Gasteiger partial charge in [-0.15, -0.1) is 0 Å². The normalized spacial score (nSPS) is 30.1. The minimum absolute atomic E-state index is 0. The second-order valence-corrected chi connectivity index (χ2v) is 25.7. The molecule has 4 heterocycles. The van der Waals surface area contributed by atoms with Gasteiger partial charge in [-0.25, -0.2) is 22.4 Å². The summed E-state index contributed by atoms with van der Waals surface area (Å²) >= 11 is 0. The summed E-state index contributed by atoms with van der Waals surface area (Å²) < 4.78 is 86.7. The number of esters is 5. The second-order valence-electron chi connectivity index (χ2n) is 25.7. The minimum Gasteiger partial charge on any atom is -0.870 e. The number of ketones is 2. The molecule has 466 valence electrons. The van der Waals surface area contributed by atoms with Crippen LogP contribution in [-0.2, 0) is 62.0 Å². The topological polar surface area (TPSA) is 256 Å². The maximum absolute atomic E-state index is 15.0. The van der Waals surface area contributed by atoms with Gasteiger partial charge in [0.05, 0.1) is 67.2 Å². The van der Waals surface area contributed by atoms with Crippen LogP contribution in [0.2, 0.25) is 0 Å². The Morgan fingerprint density at radius 2 is 1.02 bits per heavy atom. The summed E-state index contributed by atoms with van der Waals surface area (Å²) in [6.07, 6.45) is -1.66. The number of Topliss-reactive ketones (excluding diaryl/α,β-unsaturated/α-hetero) is 2. The molecule has 0 unspecified atom stereocenters. The van der Waals surface area contributed by atoms with Crippen molar-refractivity contribution in [1.29, 1.82) is 0 Å². The zero-order valence-electron chi connectivity index (χ0n) is 50.5. The van der Waals surface area contributed by atoms with Gasteiger partial charge in [0.15, 0.2) is 11.6 Å². The van der Waals surface area contributed by atoms with Crippen molar-refractivity contribution in [3.05, 3.63) is 35.9 Å². The molecular weight excluding hydrogens is 1130 g/mol. The van der Waals surface area contributed by atoms with E-state index in [1.165, 1.54) is 9.80 Å². The number of ether oxygens (including phenoxy) is 5. The number of alkyl halides is 4. The average molecular weight is 1220 g/mol. The third-order valence-corrected chi connectivity index (χ3v) is 16.6. The van der Waals surface area contributed by atoms with Gasteiger partial charge in [0.1, 0.15) is 17.3 Å². The van der Waals surface area contributed by atoms with E-state index in [0.717, 1.165) is 0 Å². The van der Waals surface area contributed by atoms with Crippen LogP contribution in [0.1, 0.15) is 194 Å². The van der Waals surface area contributed by atoms with Gasteiger partial charge in [0, 0.05) is 69.7 Å². The summed E-state index contributed by atoms with van der Waals surface area (Å²) in [4.78, 5) is 122. The molecule has 0 aromatic heterocycles. The summed E-state index contributed by atoms with van der Waals surface area (Å²) in [7, 11) is 0. The number of carbonyl (C=O) groups is 9. The first-order chi connectivity index (χ1) is 38.3. The number of hydrogen-bond acceptors (Lipinski definition) is 16. The van der Waals surface area contributed by atoms with E-state index in [2.05, 4.69) is 0 Å². The fourth-order valence-corrected chi connectivity index (χ4v) is 12.5. The number of nitrogens with zero attached hydrogens (tertiary/aromatic N) is 2. The Balaban J connectivity index is 0.000000359. The van der Waals surface area contributed by atoms with Crippen LogP contribution in [0.25, 0.3) is 0 Å².